The Morgan fingerprint density at radius 2 is 1.70 bits per heavy atom. The van der Waals surface area contributed by atoms with Crippen LogP contribution in [0.25, 0.3) is 0 Å². The summed E-state index contributed by atoms with van der Waals surface area (Å²) in [7, 11) is 0. The molecule has 30 heavy (non-hydrogen) atoms. The van der Waals surface area contributed by atoms with Crippen LogP contribution in [0.1, 0.15) is 23.3 Å². The van der Waals surface area contributed by atoms with Crippen LogP contribution in [0.5, 0.6) is 11.5 Å². The van der Waals surface area contributed by atoms with Crippen molar-refractivity contribution < 1.29 is 28.5 Å². The highest BCUT2D eigenvalue weighted by Crippen LogP contribution is 2.38. The third-order valence-corrected chi connectivity index (χ3v) is 5.56. The first-order chi connectivity index (χ1) is 14.7. The van der Waals surface area contributed by atoms with E-state index in [9.17, 15) is 9.59 Å². The van der Waals surface area contributed by atoms with Crippen molar-refractivity contribution in [3.05, 3.63) is 59.7 Å². The average molecular weight is 410 g/mol. The van der Waals surface area contributed by atoms with E-state index in [1.165, 1.54) is 4.90 Å². The fourth-order valence-corrected chi connectivity index (χ4v) is 3.94. The van der Waals surface area contributed by atoms with Gasteiger partial charge in [0.1, 0.15) is 25.4 Å². The van der Waals surface area contributed by atoms with Gasteiger partial charge >= 0.3 is 6.09 Å². The first-order valence-corrected chi connectivity index (χ1v) is 9.97. The molecule has 0 spiro atoms. The summed E-state index contributed by atoms with van der Waals surface area (Å²) in [4.78, 5) is 28.0. The number of cyclic esters (lactones) is 1. The third-order valence-electron chi connectivity index (χ3n) is 5.56. The second kappa shape index (κ2) is 7.87. The van der Waals surface area contributed by atoms with Crippen LogP contribution in [-0.2, 0) is 14.3 Å². The van der Waals surface area contributed by atoms with Gasteiger partial charge in [0.25, 0.3) is 0 Å². The van der Waals surface area contributed by atoms with Gasteiger partial charge in [0.05, 0.1) is 19.6 Å². The Kier molecular flexibility index (Phi) is 4.92. The molecule has 2 atom stereocenters. The Bertz CT molecular complexity index is 950. The van der Waals surface area contributed by atoms with Gasteiger partial charge in [0.15, 0.2) is 11.5 Å². The summed E-state index contributed by atoms with van der Waals surface area (Å²) in [6.45, 7) is 1.78. The maximum absolute atomic E-state index is 13.0. The minimum atomic E-state index is -0.441. The summed E-state index contributed by atoms with van der Waals surface area (Å²) in [6, 6.07) is 15.5. The predicted octanol–water partition coefficient (Wildman–Crippen LogP) is 2.51. The number of carbonyl (C=O) groups excluding carboxylic acids is 2. The molecule has 3 aliphatic rings. The normalized spacial score (nSPS) is 22.9. The van der Waals surface area contributed by atoms with Crippen LogP contribution < -0.4 is 9.47 Å². The number of fused-ring (bicyclic) bond motifs is 1. The number of morpholine rings is 1. The summed E-state index contributed by atoms with van der Waals surface area (Å²) in [6.07, 6.45) is -1.04. The van der Waals surface area contributed by atoms with Crippen molar-refractivity contribution in [2.45, 2.75) is 12.2 Å². The van der Waals surface area contributed by atoms with Gasteiger partial charge in [-0.15, -0.1) is 0 Å². The van der Waals surface area contributed by atoms with Crippen molar-refractivity contribution in [2.24, 2.45) is 0 Å². The van der Waals surface area contributed by atoms with Crippen LogP contribution in [-0.4, -0.2) is 61.4 Å². The van der Waals surface area contributed by atoms with Crippen molar-refractivity contribution in [3.8, 4) is 11.5 Å². The monoisotopic (exact) mass is 410 g/mol. The van der Waals surface area contributed by atoms with E-state index < -0.39 is 6.09 Å². The molecule has 156 valence electrons. The molecule has 8 heteroatoms. The van der Waals surface area contributed by atoms with Gasteiger partial charge in [0.2, 0.25) is 12.7 Å². The molecule has 3 heterocycles. The summed E-state index contributed by atoms with van der Waals surface area (Å²) in [5.74, 6) is 1.26. The van der Waals surface area contributed by atoms with E-state index in [0.717, 1.165) is 11.1 Å². The molecule has 2 aromatic rings. The molecule has 0 saturated carbocycles. The number of hydrogen-bond acceptors (Lipinski definition) is 6. The van der Waals surface area contributed by atoms with Crippen LogP contribution in [0.4, 0.5) is 4.79 Å². The number of ether oxygens (including phenoxy) is 4. The predicted molar refractivity (Wildman–Crippen MR) is 105 cm³/mol. The molecule has 0 aromatic heterocycles. The standard InChI is InChI=1S/C22H22N2O6/c25-21(13-23-8-9-27-22(23)26)24-11-19(15-4-2-1-3-5-15)30-20(12-24)16-6-7-17-18(10-16)29-14-28-17/h1-7,10,19-20H,8-9,11-14H2/t19-,20+/m0/s1. The zero-order valence-electron chi connectivity index (χ0n) is 16.4. The lowest BCUT2D eigenvalue weighted by atomic mass is 10.0. The minimum absolute atomic E-state index is 0.00814. The highest BCUT2D eigenvalue weighted by molar-refractivity contribution is 5.83. The van der Waals surface area contributed by atoms with Crippen LogP contribution in [0.15, 0.2) is 48.5 Å². The van der Waals surface area contributed by atoms with E-state index in [-0.39, 0.29) is 31.5 Å². The lowest BCUT2D eigenvalue weighted by Gasteiger charge is -2.39. The lowest BCUT2D eigenvalue weighted by Crippen LogP contribution is -2.47. The Hall–Kier alpha value is -3.26. The Balaban J connectivity index is 1.39. The number of amides is 2. The Morgan fingerprint density at radius 3 is 2.47 bits per heavy atom. The highest BCUT2D eigenvalue weighted by Gasteiger charge is 2.35. The molecule has 8 nitrogen and oxygen atoms in total. The van der Waals surface area contributed by atoms with E-state index in [1.54, 1.807) is 4.90 Å². The zero-order valence-corrected chi connectivity index (χ0v) is 16.4. The molecule has 2 fully saturated rings. The number of carbonyl (C=O) groups is 2. The average Bonchev–Trinajstić information content (AvgIpc) is 3.42. The van der Waals surface area contributed by atoms with Crippen LogP contribution in [0.3, 0.4) is 0 Å². The van der Waals surface area contributed by atoms with Gasteiger partial charge in [-0.1, -0.05) is 36.4 Å². The molecule has 2 aromatic carbocycles. The molecule has 2 amide bonds. The van der Waals surface area contributed by atoms with Gasteiger partial charge in [-0.3, -0.25) is 9.69 Å². The molecule has 3 aliphatic heterocycles. The fourth-order valence-electron chi connectivity index (χ4n) is 3.94. The van der Waals surface area contributed by atoms with Crippen LogP contribution in [0.2, 0.25) is 0 Å². The minimum Gasteiger partial charge on any atom is -0.454 e. The summed E-state index contributed by atoms with van der Waals surface area (Å²) < 4.78 is 22.2. The van der Waals surface area contributed by atoms with Crippen molar-refractivity contribution in [1.82, 2.24) is 9.80 Å². The molecule has 0 aliphatic carbocycles. The van der Waals surface area contributed by atoms with Crippen molar-refractivity contribution in [3.63, 3.8) is 0 Å². The number of rotatable bonds is 4. The summed E-state index contributed by atoms with van der Waals surface area (Å²) in [5, 5.41) is 0. The molecule has 0 bridgehead atoms. The smallest absolute Gasteiger partial charge is 0.410 e. The molecule has 0 unspecified atom stereocenters. The molecular formula is C22H22N2O6. The first kappa shape index (κ1) is 18.7. The molecule has 5 rings (SSSR count). The topological polar surface area (TPSA) is 77.5 Å². The third kappa shape index (κ3) is 3.66. The maximum Gasteiger partial charge on any atom is 0.410 e. The van der Waals surface area contributed by atoms with Gasteiger partial charge in [-0.25, -0.2) is 4.79 Å². The molecular weight excluding hydrogens is 388 g/mol. The molecule has 2 saturated heterocycles. The molecule has 0 N–H and O–H groups in total. The molecule has 0 radical (unpaired) electrons. The van der Waals surface area contributed by atoms with Gasteiger partial charge in [0, 0.05) is 0 Å². The van der Waals surface area contributed by atoms with E-state index >= 15 is 0 Å². The van der Waals surface area contributed by atoms with E-state index in [4.69, 9.17) is 18.9 Å². The highest BCUT2D eigenvalue weighted by atomic mass is 16.7. The number of nitrogens with zero attached hydrogens (tertiary/aromatic N) is 2. The largest absolute Gasteiger partial charge is 0.454 e. The Labute approximate surface area is 173 Å². The first-order valence-electron chi connectivity index (χ1n) is 9.97. The van der Waals surface area contributed by atoms with Crippen LogP contribution >= 0.6 is 0 Å². The van der Waals surface area contributed by atoms with E-state index in [2.05, 4.69) is 0 Å². The second-order valence-electron chi connectivity index (χ2n) is 7.47. The number of benzene rings is 2. The Morgan fingerprint density at radius 1 is 0.933 bits per heavy atom. The van der Waals surface area contributed by atoms with Gasteiger partial charge in [-0.2, -0.15) is 0 Å². The summed E-state index contributed by atoms with van der Waals surface area (Å²) in [5.41, 5.74) is 1.92. The van der Waals surface area contributed by atoms with E-state index in [0.29, 0.717) is 37.7 Å². The fraction of sp³-hybridized carbons (Fsp3) is 0.364. The quantitative estimate of drug-likeness (QED) is 0.771. The number of hydrogen-bond donors (Lipinski definition) is 0. The van der Waals surface area contributed by atoms with Crippen molar-refractivity contribution >= 4 is 12.0 Å². The lowest BCUT2D eigenvalue weighted by molar-refractivity contribution is -0.147. The van der Waals surface area contributed by atoms with Crippen LogP contribution in [0, 0.1) is 0 Å². The SMILES string of the molecule is O=C(CN1CCOC1=O)N1C[C@@H](c2ccccc2)O[C@@H](c2ccc3c(c2)OCO3)C1. The van der Waals surface area contributed by atoms with Gasteiger partial charge in [-0.05, 0) is 23.3 Å². The van der Waals surface area contributed by atoms with E-state index in [1.807, 2.05) is 48.5 Å². The maximum atomic E-state index is 13.0. The van der Waals surface area contributed by atoms with Crippen molar-refractivity contribution in [1.29, 1.82) is 0 Å². The van der Waals surface area contributed by atoms with Crippen molar-refractivity contribution in [2.75, 3.05) is 39.6 Å². The zero-order chi connectivity index (χ0) is 20.5. The van der Waals surface area contributed by atoms with Gasteiger partial charge < -0.3 is 23.8 Å². The summed E-state index contributed by atoms with van der Waals surface area (Å²) >= 11 is 0. The second-order valence-corrected chi connectivity index (χ2v) is 7.47.